The second kappa shape index (κ2) is 8.10. The topological polar surface area (TPSA) is 47.9 Å². The second-order valence-corrected chi connectivity index (χ2v) is 5.26. The largest absolute Gasteiger partial charge is 0.379 e. The molecule has 0 amide bonds. The van der Waals surface area contributed by atoms with Gasteiger partial charge in [0.1, 0.15) is 5.60 Å². The molecule has 1 N–H and O–H groups in total. The van der Waals surface area contributed by atoms with Crippen LogP contribution in [-0.4, -0.2) is 42.9 Å². The van der Waals surface area contributed by atoms with Crippen molar-refractivity contribution in [2.75, 3.05) is 19.8 Å². The highest BCUT2D eigenvalue weighted by atomic mass is 16.7. The minimum atomic E-state index is -0.839. The molecule has 1 aliphatic heterocycles. The van der Waals surface area contributed by atoms with Crippen molar-refractivity contribution in [1.82, 2.24) is 0 Å². The van der Waals surface area contributed by atoms with Gasteiger partial charge in [-0.05, 0) is 19.8 Å². The molecule has 0 aromatic heterocycles. The zero-order valence-electron chi connectivity index (χ0n) is 12.0. The van der Waals surface area contributed by atoms with Crippen LogP contribution >= 0.6 is 0 Å². The predicted octanol–water partition coefficient (Wildman–Crippen LogP) is 2.49. The number of aliphatic hydroxyl groups is 1. The molecule has 1 fully saturated rings. The molecular weight excluding hydrogens is 232 g/mol. The smallest absolute Gasteiger partial charge is 0.184 e. The third-order valence-corrected chi connectivity index (χ3v) is 3.35. The summed E-state index contributed by atoms with van der Waals surface area (Å²) in [4.78, 5) is 0. The van der Waals surface area contributed by atoms with Gasteiger partial charge >= 0.3 is 0 Å². The van der Waals surface area contributed by atoms with Gasteiger partial charge in [0.05, 0.1) is 12.7 Å². The van der Waals surface area contributed by atoms with Crippen LogP contribution in [0.4, 0.5) is 0 Å². The van der Waals surface area contributed by atoms with E-state index in [4.69, 9.17) is 14.2 Å². The summed E-state index contributed by atoms with van der Waals surface area (Å²) >= 11 is 0. The van der Waals surface area contributed by atoms with Gasteiger partial charge < -0.3 is 19.3 Å². The summed E-state index contributed by atoms with van der Waals surface area (Å²) in [7, 11) is 0. The van der Waals surface area contributed by atoms with Crippen LogP contribution in [-0.2, 0) is 14.2 Å². The van der Waals surface area contributed by atoms with Gasteiger partial charge in [-0.15, -0.1) is 0 Å². The fraction of sp³-hybridized carbons (Fsp3) is 1.00. The van der Waals surface area contributed by atoms with E-state index in [0.717, 1.165) is 32.3 Å². The van der Waals surface area contributed by atoms with Crippen LogP contribution in [0.5, 0.6) is 0 Å². The Kier molecular flexibility index (Phi) is 7.15. The standard InChI is InChI=1S/C14H28O4/c1-4-6-8-16-11-12-10-14(3,13(15)18-12)17-9-7-5-2/h12-13,15H,4-11H2,1-3H3/t12?,13?,14-/m1/s1. The molecule has 2 unspecified atom stereocenters. The number of rotatable bonds is 9. The average Bonchev–Trinajstić information content (AvgIpc) is 2.61. The first-order chi connectivity index (χ1) is 8.62. The molecule has 1 heterocycles. The van der Waals surface area contributed by atoms with Crippen LogP contribution in [0.25, 0.3) is 0 Å². The Morgan fingerprint density at radius 2 is 1.89 bits per heavy atom. The van der Waals surface area contributed by atoms with Crippen molar-refractivity contribution in [1.29, 1.82) is 0 Å². The summed E-state index contributed by atoms with van der Waals surface area (Å²) in [5.74, 6) is 0. The molecule has 0 spiro atoms. The molecule has 0 aliphatic carbocycles. The van der Waals surface area contributed by atoms with E-state index < -0.39 is 11.9 Å². The Labute approximate surface area is 111 Å². The normalized spacial score (nSPS) is 32.0. The average molecular weight is 260 g/mol. The van der Waals surface area contributed by atoms with Crippen molar-refractivity contribution < 1.29 is 19.3 Å². The van der Waals surface area contributed by atoms with E-state index in [-0.39, 0.29) is 6.10 Å². The zero-order chi connectivity index (χ0) is 13.4. The van der Waals surface area contributed by atoms with Crippen molar-refractivity contribution in [2.24, 2.45) is 0 Å². The first-order valence-electron chi connectivity index (χ1n) is 7.17. The Balaban J connectivity index is 2.26. The molecule has 1 aliphatic rings. The SMILES string of the molecule is CCCCOCC1C[C@@](C)(OCCCC)C(O)O1. The molecule has 0 aromatic carbocycles. The van der Waals surface area contributed by atoms with Crippen LogP contribution in [0.1, 0.15) is 52.9 Å². The maximum atomic E-state index is 9.92. The Morgan fingerprint density at radius 3 is 2.56 bits per heavy atom. The van der Waals surface area contributed by atoms with Crippen LogP contribution in [0.3, 0.4) is 0 Å². The number of hydrogen-bond donors (Lipinski definition) is 1. The van der Waals surface area contributed by atoms with Gasteiger partial charge in [0.15, 0.2) is 6.29 Å². The Bertz CT molecular complexity index is 222. The lowest BCUT2D eigenvalue weighted by atomic mass is 10.0. The van der Waals surface area contributed by atoms with E-state index in [1.807, 2.05) is 6.92 Å². The number of unbranched alkanes of at least 4 members (excludes halogenated alkanes) is 2. The molecule has 1 rings (SSSR count). The summed E-state index contributed by atoms with van der Waals surface area (Å²) in [6, 6.07) is 0. The molecule has 3 atom stereocenters. The van der Waals surface area contributed by atoms with E-state index in [0.29, 0.717) is 19.6 Å². The van der Waals surface area contributed by atoms with E-state index in [9.17, 15) is 5.11 Å². The van der Waals surface area contributed by atoms with E-state index in [1.54, 1.807) is 0 Å². The number of aliphatic hydroxyl groups excluding tert-OH is 1. The van der Waals surface area contributed by atoms with E-state index >= 15 is 0 Å². The fourth-order valence-corrected chi connectivity index (χ4v) is 2.07. The lowest BCUT2D eigenvalue weighted by Crippen LogP contribution is -2.38. The summed E-state index contributed by atoms with van der Waals surface area (Å²) in [6.45, 7) is 8.16. The Hall–Kier alpha value is -0.160. The first kappa shape index (κ1) is 15.9. The molecule has 0 aromatic rings. The van der Waals surface area contributed by atoms with Gasteiger partial charge in [-0.2, -0.15) is 0 Å². The lowest BCUT2D eigenvalue weighted by molar-refractivity contribution is -0.186. The summed E-state index contributed by atoms with van der Waals surface area (Å²) in [6.07, 6.45) is 4.11. The van der Waals surface area contributed by atoms with Crippen molar-refractivity contribution in [3.05, 3.63) is 0 Å². The molecular formula is C14H28O4. The third kappa shape index (κ3) is 4.84. The molecule has 0 saturated carbocycles. The molecule has 1 saturated heterocycles. The van der Waals surface area contributed by atoms with Gasteiger partial charge in [0, 0.05) is 19.6 Å². The maximum Gasteiger partial charge on any atom is 0.184 e. The highest BCUT2D eigenvalue weighted by molar-refractivity contribution is 4.89. The number of ether oxygens (including phenoxy) is 3. The lowest BCUT2D eigenvalue weighted by Gasteiger charge is -2.26. The van der Waals surface area contributed by atoms with E-state index in [2.05, 4.69) is 13.8 Å². The monoisotopic (exact) mass is 260 g/mol. The van der Waals surface area contributed by atoms with Gasteiger partial charge in [-0.3, -0.25) is 0 Å². The van der Waals surface area contributed by atoms with Gasteiger partial charge in [-0.1, -0.05) is 26.7 Å². The van der Waals surface area contributed by atoms with Gasteiger partial charge in [-0.25, -0.2) is 0 Å². The maximum absolute atomic E-state index is 9.92. The summed E-state index contributed by atoms with van der Waals surface area (Å²) < 4.78 is 16.8. The third-order valence-electron chi connectivity index (χ3n) is 3.35. The van der Waals surface area contributed by atoms with E-state index in [1.165, 1.54) is 0 Å². The molecule has 18 heavy (non-hydrogen) atoms. The highest BCUT2D eigenvalue weighted by Gasteiger charge is 2.45. The molecule has 0 radical (unpaired) electrons. The molecule has 4 nitrogen and oxygen atoms in total. The minimum absolute atomic E-state index is 0.0523. The predicted molar refractivity (Wildman–Crippen MR) is 70.5 cm³/mol. The quantitative estimate of drug-likeness (QED) is 0.647. The van der Waals surface area contributed by atoms with Crippen molar-refractivity contribution >= 4 is 0 Å². The van der Waals surface area contributed by atoms with Gasteiger partial charge in [0.25, 0.3) is 0 Å². The fourth-order valence-electron chi connectivity index (χ4n) is 2.07. The van der Waals surface area contributed by atoms with Crippen molar-refractivity contribution in [3.8, 4) is 0 Å². The second-order valence-electron chi connectivity index (χ2n) is 5.26. The number of hydrogen-bond acceptors (Lipinski definition) is 4. The van der Waals surface area contributed by atoms with Crippen LogP contribution in [0.15, 0.2) is 0 Å². The summed E-state index contributed by atoms with van der Waals surface area (Å²) in [5.41, 5.74) is -0.575. The molecule has 108 valence electrons. The molecule has 4 heteroatoms. The van der Waals surface area contributed by atoms with Crippen LogP contribution < -0.4 is 0 Å². The van der Waals surface area contributed by atoms with Gasteiger partial charge in [0.2, 0.25) is 0 Å². The molecule has 0 bridgehead atoms. The van der Waals surface area contributed by atoms with Crippen LogP contribution in [0, 0.1) is 0 Å². The minimum Gasteiger partial charge on any atom is -0.379 e. The highest BCUT2D eigenvalue weighted by Crippen LogP contribution is 2.32. The zero-order valence-corrected chi connectivity index (χ0v) is 12.0. The van der Waals surface area contributed by atoms with Crippen molar-refractivity contribution in [2.45, 2.75) is 70.9 Å². The summed E-state index contributed by atoms with van der Waals surface area (Å²) in [5, 5.41) is 9.92. The van der Waals surface area contributed by atoms with Crippen LogP contribution in [0.2, 0.25) is 0 Å². The Morgan fingerprint density at radius 1 is 1.22 bits per heavy atom. The first-order valence-corrected chi connectivity index (χ1v) is 7.17. The van der Waals surface area contributed by atoms with Crippen molar-refractivity contribution in [3.63, 3.8) is 0 Å².